The Balaban J connectivity index is 3.15. The van der Waals surface area contributed by atoms with Crippen LogP contribution in [0.2, 0.25) is 10.0 Å². The average molecular weight is 378 g/mol. The van der Waals surface area contributed by atoms with E-state index in [-0.39, 0.29) is 17.3 Å². The molecular weight excluding hydrogens is 361 g/mol. The zero-order valence-corrected chi connectivity index (χ0v) is 15.8. The molecule has 1 aromatic carbocycles. The molecule has 0 aliphatic heterocycles. The number of thioether (sulfide) groups is 2. The van der Waals surface area contributed by atoms with Gasteiger partial charge in [-0.2, -0.15) is 0 Å². The van der Waals surface area contributed by atoms with Gasteiger partial charge in [-0.25, -0.2) is 0 Å². The van der Waals surface area contributed by atoms with Gasteiger partial charge in [-0.05, 0) is 30.7 Å². The van der Waals surface area contributed by atoms with Crippen LogP contribution in [0.25, 0.3) is 0 Å². The van der Waals surface area contributed by atoms with Gasteiger partial charge in [-0.3, -0.25) is 9.59 Å². The first-order valence-corrected chi connectivity index (χ1v) is 9.65. The highest BCUT2D eigenvalue weighted by Crippen LogP contribution is 2.31. The van der Waals surface area contributed by atoms with Crippen LogP contribution in [-0.2, 0) is 9.59 Å². The highest BCUT2D eigenvalue weighted by Gasteiger charge is 2.25. The van der Waals surface area contributed by atoms with Crippen molar-refractivity contribution < 1.29 is 9.59 Å². The molecule has 120 valence electrons. The summed E-state index contributed by atoms with van der Waals surface area (Å²) in [5.74, 6) is -0.879. The van der Waals surface area contributed by atoms with Gasteiger partial charge in [0.2, 0.25) is 0 Å². The minimum absolute atomic E-state index is 0.182. The summed E-state index contributed by atoms with van der Waals surface area (Å²) in [6.45, 7) is 3.54. The number of halogens is 2. The summed E-state index contributed by atoms with van der Waals surface area (Å²) in [4.78, 5) is 24.9. The summed E-state index contributed by atoms with van der Waals surface area (Å²) in [5.41, 5.74) is 0.677. The molecule has 1 amide bonds. The fraction of sp³-hybridized carbons (Fsp3) is 0.333. The van der Waals surface area contributed by atoms with Crippen LogP contribution in [0.1, 0.15) is 13.8 Å². The molecule has 22 heavy (non-hydrogen) atoms. The van der Waals surface area contributed by atoms with Crippen LogP contribution in [-0.4, -0.2) is 24.2 Å². The Bertz CT molecular complexity index is 610. The second-order valence-electron chi connectivity index (χ2n) is 4.67. The Kier molecular flexibility index (Phi) is 7.83. The minimum Gasteiger partial charge on any atom is -0.322 e. The molecule has 1 rings (SSSR count). The molecule has 0 fully saturated rings. The molecule has 0 aliphatic rings. The number of nitrogens with one attached hydrogen (secondary N) is 1. The highest BCUT2D eigenvalue weighted by atomic mass is 35.5. The second kappa shape index (κ2) is 8.87. The number of anilines is 1. The summed E-state index contributed by atoms with van der Waals surface area (Å²) in [7, 11) is 0. The molecule has 0 spiro atoms. The second-order valence-corrected chi connectivity index (χ2v) is 7.38. The van der Waals surface area contributed by atoms with E-state index >= 15 is 0 Å². The first-order valence-electron chi connectivity index (χ1n) is 6.44. The molecule has 0 saturated carbocycles. The predicted octanol–water partition coefficient (Wildman–Crippen LogP) is 5.09. The number of carbonyl (C=O) groups is 2. The Hall–Kier alpha value is -0.620. The molecule has 0 aliphatic carbocycles. The lowest BCUT2D eigenvalue weighted by molar-refractivity contribution is -0.122. The van der Waals surface area contributed by atoms with Gasteiger partial charge in [-0.1, -0.05) is 37.0 Å². The van der Waals surface area contributed by atoms with Crippen molar-refractivity contribution in [1.82, 2.24) is 0 Å². The SMILES string of the molecule is CSC(SC)=C(C(=O)Nc1ccc(Cl)c(Cl)c1)C(=O)C(C)C. The summed E-state index contributed by atoms with van der Waals surface area (Å²) < 4.78 is 0.691. The van der Waals surface area contributed by atoms with Gasteiger partial charge < -0.3 is 5.32 Å². The number of ketones is 1. The first kappa shape index (κ1) is 19.4. The largest absolute Gasteiger partial charge is 0.322 e. The lowest BCUT2D eigenvalue weighted by Gasteiger charge is -2.14. The molecule has 0 saturated heterocycles. The Labute approximate surface area is 149 Å². The molecule has 7 heteroatoms. The Morgan fingerprint density at radius 3 is 2.14 bits per heavy atom. The van der Waals surface area contributed by atoms with Gasteiger partial charge in [0.1, 0.15) is 5.57 Å². The van der Waals surface area contributed by atoms with Crippen molar-refractivity contribution in [3.63, 3.8) is 0 Å². The summed E-state index contributed by atoms with van der Waals surface area (Å²) >= 11 is 14.6. The molecule has 1 aromatic rings. The van der Waals surface area contributed by atoms with E-state index in [0.29, 0.717) is 20.0 Å². The maximum atomic E-state index is 12.5. The quantitative estimate of drug-likeness (QED) is 0.425. The van der Waals surface area contributed by atoms with Gasteiger partial charge in [-0.15, -0.1) is 23.5 Å². The Morgan fingerprint density at radius 1 is 1.09 bits per heavy atom. The van der Waals surface area contributed by atoms with E-state index in [1.807, 2.05) is 12.5 Å². The van der Waals surface area contributed by atoms with Crippen molar-refractivity contribution in [3.8, 4) is 0 Å². The third kappa shape index (κ3) is 4.95. The van der Waals surface area contributed by atoms with Crippen LogP contribution in [0.5, 0.6) is 0 Å². The fourth-order valence-electron chi connectivity index (χ4n) is 1.65. The number of Topliss-reactive ketones (excluding diaryl/α,β-unsaturated/α-hetero) is 1. The molecule has 0 unspecified atom stereocenters. The number of carbonyl (C=O) groups excluding carboxylic acids is 2. The smallest absolute Gasteiger partial charge is 0.260 e. The van der Waals surface area contributed by atoms with Gasteiger partial charge >= 0.3 is 0 Å². The molecule has 0 atom stereocenters. The number of amides is 1. The van der Waals surface area contributed by atoms with Crippen LogP contribution in [0.3, 0.4) is 0 Å². The highest BCUT2D eigenvalue weighted by molar-refractivity contribution is 8.21. The number of benzene rings is 1. The van der Waals surface area contributed by atoms with Crippen molar-refractivity contribution in [1.29, 1.82) is 0 Å². The molecule has 0 radical (unpaired) electrons. The molecule has 0 aromatic heterocycles. The van der Waals surface area contributed by atoms with Crippen molar-refractivity contribution in [2.24, 2.45) is 5.92 Å². The van der Waals surface area contributed by atoms with E-state index in [0.717, 1.165) is 0 Å². The van der Waals surface area contributed by atoms with Crippen LogP contribution in [0.15, 0.2) is 28.0 Å². The standard InChI is InChI=1S/C15H17Cl2NO2S2/c1-8(2)13(19)12(15(21-3)22-4)14(20)18-9-5-6-10(16)11(17)7-9/h5-8H,1-4H3,(H,18,20). The zero-order chi connectivity index (χ0) is 16.9. The normalized spacial score (nSPS) is 10.5. The van der Waals surface area contributed by atoms with E-state index < -0.39 is 5.91 Å². The lowest BCUT2D eigenvalue weighted by atomic mass is 10.0. The van der Waals surface area contributed by atoms with Gasteiger partial charge in [0.15, 0.2) is 5.78 Å². The molecule has 1 N–H and O–H groups in total. The fourth-order valence-corrected chi connectivity index (χ4v) is 3.41. The topological polar surface area (TPSA) is 46.2 Å². The van der Waals surface area contributed by atoms with Crippen molar-refractivity contribution in [3.05, 3.63) is 38.1 Å². The van der Waals surface area contributed by atoms with Crippen LogP contribution >= 0.6 is 46.7 Å². The van der Waals surface area contributed by atoms with Crippen LogP contribution < -0.4 is 5.32 Å². The number of hydrogen-bond donors (Lipinski definition) is 1. The van der Waals surface area contributed by atoms with E-state index in [4.69, 9.17) is 23.2 Å². The van der Waals surface area contributed by atoms with E-state index in [1.54, 1.807) is 32.0 Å². The van der Waals surface area contributed by atoms with Crippen LogP contribution in [0.4, 0.5) is 5.69 Å². The predicted molar refractivity (Wildman–Crippen MR) is 99.0 cm³/mol. The molecule has 3 nitrogen and oxygen atoms in total. The summed E-state index contributed by atoms with van der Waals surface area (Å²) in [6.07, 6.45) is 3.68. The Morgan fingerprint density at radius 2 is 1.68 bits per heavy atom. The molecular formula is C15H17Cl2NO2S2. The minimum atomic E-state index is -0.434. The monoisotopic (exact) mass is 377 g/mol. The number of hydrogen-bond acceptors (Lipinski definition) is 4. The lowest BCUT2D eigenvalue weighted by Crippen LogP contribution is -2.24. The summed E-state index contributed by atoms with van der Waals surface area (Å²) in [5, 5.41) is 3.46. The maximum absolute atomic E-state index is 12.5. The van der Waals surface area contributed by atoms with Gasteiger partial charge in [0.25, 0.3) is 5.91 Å². The zero-order valence-electron chi connectivity index (χ0n) is 12.7. The maximum Gasteiger partial charge on any atom is 0.260 e. The van der Waals surface area contributed by atoms with Gasteiger partial charge in [0.05, 0.1) is 14.3 Å². The van der Waals surface area contributed by atoms with Crippen molar-refractivity contribution >= 4 is 64.1 Å². The third-order valence-electron chi connectivity index (χ3n) is 2.75. The first-order chi connectivity index (χ1) is 10.3. The molecule has 0 bridgehead atoms. The number of rotatable bonds is 6. The van der Waals surface area contributed by atoms with E-state index in [1.165, 1.54) is 23.5 Å². The van der Waals surface area contributed by atoms with Gasteiger partial charge in [0, 0.05) is 11.6 Å². The van der Waals surface area contributed by atoms with Crippen molar-refractivity contribution in [2.45, 2.75) is 13.8 Å². The van der Waals surface area contributed by atoms with Crippen molar-refractivity contribution in [2.75, 3.05) is 17.8 Å². The third-order valence-corrected chi connectivity index (χ3v) is 5.64. The van der Waals surface area contributed by atoms with Crippen LogP contribution in [0, 0.1) is 5.92 Å². The summed E-state index contributed by atoms with van der Waals surface area (Å²) in [6, 6.07) is 4.79. The molecule has 0 heterocycles. The van der Waals surface area contributed by atoms with E-state index in [9.17, 15) is 9.59 Å². The average Bonchev–Trinajstić information content (AvgIpc) is 2.47. The van der Waals surface area contributed by atoms with E-state index in [2.05, 4.69) is 5.32 Å².